The summed E-state index contributed by atoms with van der Waals surface area (Å²) in [7, 11) is 20.7. The Labute approximate surface area is 480 Å². The second-order valence-electron chi connectivity index (χ2n) is 17.0. The monoisotopic (exact) mass is 1180 g/mol. The zero-order valence-corrected chi connectivity index (χ0v) is 48.8. The van der Waals surface area contributed by atoms with Crippen LogP contribution in [0, 0.1) is 13.8 Å². The Balaban J connectivity index is 0.000000250. The fourth-order valence-electron chi connectivity index (χ4n) is 6.91. The van der Waals surface area contributed by atoms with Gasteiger partial charge in [-0.15, -0.1) is 0 Å². The number of aromatic hydroxyl groups is 1. The lowest BCUT2D eigenvalue weighted by Gasteiger charge is -2.13. The van der Waals surface area contributed by atoms with Crippen molar-refractivity contribution in [1.29, 1.82) is 0 Å². The largest absolute Gasteiger partial charge is 0.506 e. The van der Waals surface area contributed by atoms with E-state index in [0.29, 0.717) is 6.61 Å². The van der Waals surface area contributed by atoms with Gasteiger partial charge in [0.2, 0.25) is 0 Å². The van der Waals surface area contributed by atoms with Crippen molar-refractivity contribution in [3.05, 3.63) is 219 Å². The van der Waals surface area contributed by atoms with Crippen LogP contribution in [-0.2, 0) is 9.39 Å². The summed E-state index contributed by atoms with van der Waals surface area (Å²) in [6, 6.07) is 64.7. The number of phenolic OH excluding ortho intramolecular Hbond substituents is 1. The fourth-order valence-corrected chi connectivity index (χ4v) is 8.66. The van der Waals surface area contributed by atoms with Gasteiger partial charge in [-0.2, -0.15) is 0 Å². The maximum absolute atomic E-state index is 10.4. The highest BCUT2D eigenvalue weighted by atomic mass is 79.9. The number of hydrogen-bond donors (Lipinski definition) is 2. The van der Waals surface area contributed by atoms with Gasteiger partial charge in [0, 0.05) is 73.6 Å². The average molecular weight is 1180 g/mol. The molecule has 0 fully saturated rings. The molecule has 376 valence electrons. The van der Waals surface area contributed by atoms with Crippen molar-refractivity contribution >= 4 is 104 Å². The van der Waals surface area contributed by atoms with E-state index in [2.05, 4.69) is 116 Å². The lowest BCUT2D eigenvalue weighted by Crippen LogP contribution is -2.38. The average Bonchev–Trinajstić information content (AvgIpc) is 3.43. The van der Waals surface area contributed by atoms with Crippen LogP contribution in [-0.4, -0.2) is 87.9 Å². The van der Waals surface area contributed by atoms with Crippen molar-refractivity contribution in [2.75, 3.05) is 26.9 Å². The minimum Gasteiger partial charge on any atom is -0.506 e. The Kier molecular flexibility index (Phi) is 31.8. The van der Waals surface area contributed by atoms with Crippen LogP contribution in [0.2, 0.25) is 0 Å². The molecule has 8 aromatic carbocycles. The van der Waals surface area contributed by atoms with Gasteiger partial charge < -0.3 is 24.3 Å². The Morgan fingerprint density at radius 1 is 0.440 bits per heavy atom. The highest BCUT2D eigenvalue weighted by Crippen LogP contribution is 2.41. The summed E-state index contributed by atoms with van der Waals surface area (Å²) in [4.78, 5) is 0. The van der Waals surface area contributed by atoms with E-state index in [1.54, 1.807) is 7.11 Å². The van der Waals surface area contributed by atoms with Gasteiger partial charge in [0.25, 0.3) is 0 Å². The van der Waals surface area contributed by atoms with Gasteiger partial charge in [-0.3, -0.25) is 0 Å². The van der Waals surface area contributed by atoms with Crippen LogP contribution in [0.5, 0.6) is 11.5 Å². The Bertz CT molecular complexity index is 2800. The second-order valence-corrected chi connectivity index (χ2v) is 19.5. The Morgan fingerprint density at radius 3 is 1.35 bits per heavy atom. The molecule has 0 aromatic heterocycles. The number of aryl methyl sites for hydroxylation is 2. The van der Waals surface area contributed by atoms with Gasteiger partial charge in [-0.25, -0.2) is 0 Å². The molecule has 0 spiro atoms. The highest BCUT2D eigenvalue weighted by Gasteiger charge is 2.20. The topological polar surface area (TPSA) is 68.2 Å². The first-order valence-corrected chi connectivity index (χ1v) is 27.3. The number of benzene rings is 8. The van der Waals surface area contributed by atoms with Crippen molar-refractivity contribution < 1.29 is 24.3 Å². The van der Waals surface area contributed by atoms with E-state index >= 15 is 0 Å². The highest BCUT2D eigenvalue weighted by molar-refractivity contribution is 9.11. The molecular formula is C60H64B7Br3O5. The molecule has 8 radical (unpaired) electrons. The molecule has 0 aliphatic rings. The smallest absolute Gasteiger partial charge is 0.491 e. The van der Waals surface area contributed by atoms with E-state index in [1.165, 1.54) is 16.7 Å². The maximum atomic E-state index is 10.4. The molecule has 0 bridgehead atoms. The standard InChI is InChI=1S/C19H15BrO.C15H17BO2.C12H9Br.C8H9BrO.C6H14O.B6/c1-13-11-17(19(21)18(20)12-13)16-10-6-5-9-15(16)14-7-3-2-4-8-14;1-2-12-18-16(17)15-11-7-6-10-14(15)13-8-4-3-5-9-13;13-12-9-5-4-8-11(12)10-6-2-1-3-7-10;1-6-3-4-8(10-2)7(9)5-6;1-3-5-7-6-4-2;1-5(2)6(3)4/h2-12,21H,1H3;3-11,17H,2,12H2,1H3;1-9H;3-5H,1-2H3;3-6H2,1-2H3;. The minimum atomic E-state index is -0.860. The molecule has 0 amide bonds. The molecule has 75 heavy (non-hydrogen) atoms. The molecular weight excluding hydrogens is 1120 g/mol. The van der Waals surface area contributed by atoms with Crippen LogP contribution in [0.25, 0.3) is 44.5 Å². The zero-order valence-electron chi connectivity index (χ0n) is 44.0. The first-order chi connectivity index (χ1) is 36.2. The van der Waals surface area contributed by atoms with Gasteiger partial charge in [0.05, 0.1) is 16.1 Å². The molecule has 8 aromatic rings. The van der Waals surface area contributed by atoms with Crippen molar-refractivity contribution in [1.82, 2.24) is 0 Å². The molecule has 5 nitrogen and oxygen atoms in total. The normalized spacial score (nSPS) is 9.89. The molecule has 0 saturated carbocycles. The lowest BCUT2D eigenvalue weighted by atomic mass is 8.81. The summed E-state index contributed by atoms with van der Waals surface area (Å²) in [6.45, 7) is 12.7. The quantitative estimate of drug-likeness (QED) is 0.0839. The van der Waals surface area contributed by atoms with E-state index in [1.807, 2.05) is 160 Å². The number of hydrogen-bond acceptors (Lipinski definition) is 5. The van der Waals surface area contributed by atoms with Crippen LogP contribution in [0.3, 0.4) is 0 Å². The van der Waals surface area contributed by atoms with Crippen molar-refractivity contribution in [2.24, 2.45) is 0 Å². The first-order valence-electron chi connectivity index (χ1n) is 24.9. The molecule has 0 aliphatic heterocycles. The van der Waals surface area contributed by atoms with Gasteiger partial charge in [-0.1, -0.05) is 200 Å². The molecule has 0 heterocycles. The van der Waals surface area contributed by atoms with Crippen LogP contribution >= 0.6 is 47.8 Å². The SMILES string of the molecule is Brc1ccccc1-c1ccccc1.CCCOB(O)c1ccccc1-c1ccccc1.CCCOCCC.COc1ccc(C)cc1Br.Cc1cc(Br)c(O)c(-c2ccccc2-c2ccccc2)c1.[B]B([B])B([B])[B]. The van der Waals surface area contributed by atoms with Gasteiger partial charge in [-0.05, 0) is 151 Å². The number of phenols is 1. The summed E-state index contributed by atoms with van der Waals surface area (Å²) in [5.41, 5.74) is 11.9. The summed E-state index contributed by atoms with van der Waals surface area (Å²) in [5.74, 6) is 1.16. The Hall–Kier alpha value is -4.87. The third kappa shape index (κ3) is 23.5. The van der Waals surface area contributed by atoms with Crippen LogP contribution < -0.4 is 10.2 Å². The van der Waals surface area contributed by atoms with Gasteiger partial charge in [0.15, 0.2) is 0 Å². The van der Waals surface area contributed by atoms with Crippen LogP contribution in [0.15, 0.2) is 208 Å². The maximum Gasteiger partial charge on any atom is 0.491 e. The van der Waals surface area contributed by atoms with Crippen molar-refractivity contribution in [2.45, 2.75) is 53.9 Å². The number of rotatable bonds is 14. The first kappa shape index (κ1) is 64.4. The Morgan fingerprint density at radius 2 is 0.867 bits per heavy atom. The van der Waals surface area contributed by atoms with Crippen molar-refractivity contribution in [3.63, 3.8) is 0 Å². The van der Waals surface area contributed by atoms with Gasteiger partial charge in [0.1, 0.15) is 11.5 Å². The zero-order chi connectivity index (χ0) is 55.0. The van der Waals surface area contributed by atoms with Crippen LogP contribution in [0.1, 0.15) is 51.2 Å². The predicted molar refractivity (Wildman–Crippen MR) is 338 cm³/mol. The third-order valence-electron chi connectivity index (χ3n) is 10.7. The van der Waals surface area contributed by atoms with E-state index in [-0.39, 0.29) is 5.75 Å². The van der Waals surface area contributed by atoms with E-state index < -0.39 is 19.9 Å². The summed E-state index contributed by atoms with van der Waals surface area (Å²) < 4.78 is 18.5. The van der Waals surface area contributed by atoms with E-state index in [4.69, 9.17) is 45.1 Å². The number of halogens is 3. The lowest BCUT2D eigenvalue weighted by molar-refractivity contribution is 0.135. The second kappa shape index (κ2) is 37.0. The molecule has 15 heteroatoms. The molecule has 2 N–H and O–H groups in total. The molecule has 0 aliphatic carbocycles. The van der Waals surface area contributed by atoms with E-state index in [9.17, 15) is 10.1 Å². The summed E-state index contributed by atoms with van der Waals surface area (Å²) in [6.07, 6.45) is 1.99. The summed E-state index contributed by atoms with van der Waals surface area (Å²) >= 11 is 10.3. The molecule has 8 rings (SSSR count). The van der Waals surface area contributed by atoms with E-state index in [0.717, 1.165) is 96.1 Å². The van der Waals surface area contributed by atoms with Crippen molar-refractivity contribution in [3.8, 4) is 56.0 Å². The van der Waals surface area contributed by atoms with Gasteiger partial charge >= 0.3 is 7.12 Å². The molecule has 0 saturated heterocycles. The fraction of sp³-hybridized carbons (Fsp3) is 0.200. The van der Waals surface area contributed by atoms with Crippen LogP contribution in [0.4, 0.5) is 0 Å². The molecule has 0 unspecified atom stereocenters. The number of methoxy groups -OCH3 is 1. The number of ether oxygens (including phenoxy) is 2. The third-order valence-corrected chi connectivity index (χ3v) is 12.6. The summed E-state index contributed by atoms with van der Waals surface area (Å²) in [5, 5.41) is 20.5. The predicted octanol–water partition coefficient (Wildman–Crippen LogP) is 14.7. The minimum absolute atomic E-state index is 0.281. The molecule has 0 atom stereocenters.